The second kappa shape index (κ2) is 7.52. The molecular formula is C23H25Cl2N3O3. The molecule has 0 spiro atoms. The van der Waals surface area contributed by atoms with E-state index in [1.165, 1.54) is 0 Å². The topological polar surface area (TPSA) is 84.2 Å². The lowest BCUT2D eigenvalue weighted by Crippen LogP contribution is -2.59. The Morgan fingerprint density at radius 1 is 1.19 bits per heavy atom. The minimum absolute atomic E-state index is 0.116. The minimum atomic E-state index is -0.755. The fourth-order valence-electron chi connectivity index (χ4n) is 6.90. The first kappa shape index (κ1) is 20.8. The van der Waals surface area contributed by atoms with Gasteiger partial charge in [0, 0.05) is 11.6 Å². The zero-order valence-electron chi connectivity index (χ0n) is 17.1. The van der Waals surface area contributed by atoms with Gasteiger partial charge in [-0.2, -0.15) is 5.10 Å². The maximum atomic E-state index is 13.3. The third kappa shape index (κ3) is 3.64. The monoisotopic (exact) mass is 461 g/mol. The highest BCUT2D eigenvalue weighted by Crippen LogP contribution is 2.65. The van der Waals surface area contributed by atoms with Gasteiger partial charge >= 0.3 is 5.97 Å². The molecular weight excluding hydrogens is 437 g/mol. The molecule has 6 rings (SSSR count). The molecule has 0 saturated heterocycles. The van der Waals surface area contributed by atoms with E-state index in [9.17, 15) is 14.7 Å². The van der Waals surface area contributed by atoms with E-state index in [4.69, 9.17) is 23.2 Å². The highest BCUT2D eigenvalue weighted by Gasteiger charge is 2.59. The van der Waals surface area contributed by atoms with E-state index in [2.05, 4.69) is 10.4 Å². The van der Waals surface area contributed by atoms with Gasteiger partial charge in [0.1, 0.15) is 5.02 Å². The number of rotatable bonds is 6. The molecule has 4 fully saturated rings. The number of carbonyl (C=O) groups is 1. The highest BCUT2D eigenvalue weighted by molar-refractivity contribution is 6.33. The summed E-state index contributed by atoms with van der Waals surface area (Å²) in [4.78, 5) is 24.9. The maximum absolute atomic E-state index is 13.3. The molecule has 0 radical (unpaired) electrons. The van der Waals surface area contributed by atoms with Gasteiger partial charge in [-0.05, 0) is 67.4 Å². The van der Waals surface area contributed by atoms with Crippen LogP contribution in [0.5, 0.6) is 0 Å². The molecule has 0 unspecified atom stereocenters. The number of nitrogens with zero attached hydrogens (tertiary/aromatic N) is 2. The predicted octanol–water partition coefficient (Wildman–Crippen LogP) is 4.93. The molecule has 1 aromatic carbocycles. The van der Waals surface area contributed by atoms with Crippen molar-refractivity contribution in [1.29, 1.82) is 0 Å². The van der Waals surface area contributed by atoms with Gasteiger partial charge in [0.2, 0.25) is 0 Å². The summed E-state index contributed by atoms with van der Waals surface area (Å²) < 4.78 is 1.57. The third-order valence-electron chi connectivity index (χ3n) is 7.47. The molecule has 6 nitrogen and oxygen atoms in total. The van der Waals surface area contributed by atoms with Gasteiger partial charge in [-0.15, -0.1) is 0 Å². The van der Waals surface area contributed by atoms with Crippen molar-refractivity contribution in [2.75, 3.05) is 5.32 Å². The van der Waals surface area contributed by atoms with Crippen LogP contribution in [0.15, 0.2) is 35.3 Å². The lowest BCUT2D eigenvalue weighted by molar-refractivity contribution is -0.151. The van der Waals surface area contributed by atoms with Crippen molar-refractivity contribution in [2.45, 2.75) is 57.0 Å². The Labute approximate surface area is 190 Å². The highest BCUT2D eigenvalue weighted by atomic mass is 35.5. The van der Waals surface area contributed by atoms with Crippen molar-refractivity contribution in [3.63, 3.8) is 0 Å². The van der Waals surface area contributed by atoms with Gasteiger partial charge < -0.3 is 10.4 Å². The molecule has 4 aliphatic rings. The van der Waals surface area contributed by atoms with Crippen molar-refractivity contribution in [3.8, 4) is 0 Å². The average Bonchev–Trinajstić information content (AvgIpc) is 2.68. The Balaban J connectivity index is 1.44. The van der Waals surface area contributed by atoms with E-state index in [0.717, 1.165) is 37.7 Å². The van der Waals surface area contributed by atoms with Crippen LogP contribution >= 0.6 is 23.2 Å². The number of benzene rings is 1. The summed E-state index contributed by atoms with van der Waals surface area (Å²) in [7, 11) is 0. The third-order valence-corrected chi connectivity index (χ3v) is 8.21. The molecule has 2 N–H and O–H groups in total. The van der Waals surface area contributed by atoms with Crippen LogP contribution < -0.4 is 10.9 Å². The van der Waals surface area contributed by atoms with Gasteiger partial charge in [0.05, 0.1) is 23.8 Å². The summed E-state index contributed by atoms with van der Waals surface area (Å²) >= 11 is 12.7. The zero-order valence-corrected chi connectivity index (χ0v) is 18.6. The molecule has 1 heterocycles. The number of nitrogens with one attached hydrogen (secondary N) is 1. The van der Waals surface area contributed by atoms with Gasteiger partial charge in [-0.3, -0.25) is 9.59 Å². The Hall–Kier alpha value is -2.05. The molecule has 4 aliphatic carbocycles. The van der Waals surface area contributed by atoms with Crippen LogP contribution in [0.2, 0.25) is 10.0 Å². The quantitative estimate of drug-likeness (QED) is 0.636. The van der Waals surface area contributed by atoms with Crippen LogP contribution in [0, 0.1) is 17.3 Å². The largest absolute Gasteiger partial charge is 0.481 e. The van der Waals surface area contributed by atoms with Crippen molar-refractivity contribution < 1.29 is 9.90 Å². The Morgan fingerprint density at radius 3 is 2.58 bits per heavy atom. The number of carboxylic acid groups (broad SMARTS) is 1. The molecule has 164 valence electrons. The van der Waals surface area contributed by atoms with Crippen LogP contribution in [0.1, 0.15) is 50.5 Å². The van der Waals surface area contributed by atoms with Crippen molar-refractivity contribution >= 4 is 34.9 Å². The van der Waals surface area contributed by atoms with Crippen LogP contribution in [-0.2, 0) is 16.9 Å². The zero-order chi connectivity index (χ0) is 21.8. The first-order chi connectivity index (χ1) is 14.8. The van der Waals surface area contributed by atoms with E-state index in [1.54, 1.807) is 10.9 Å². The molecule has 0 amide bonds. The van der Waals surface area contributed by atoms with Gasteiger partial charge in [0.25, 0.3) is 5.56 Å². The summed E-state index contributed by atoms with van der Waals surface area (Å²) in [5, 5.41) is 18.0. The number of carboxylic acids is 1. The molecule has 4 bridgehead atoms. The van der Waals surface area contributed by atoms with E-state index < -0.39 is 11.5 Å². The van der Waals surface area contributed by atoms with Gasteiger partial charge in [0.15, 0.2) is 0 Å². The molecule has 8 heteroatoms. The molecule has 2 aromatic rings. The fourth-order valence-corrected chi connectivity index (χ4v) is 7.30. The number of aromatic nitrogens is 2. The molecule has 1 aromatic heterocycles. The molecule has 4 saturated carbocycles. The lowest BCUT2D eigenvalue weighted by atomic mass is 9.46. The average molecular weight is 462 g/mol. The second-order valence-electron chi connectivity index (χ2n) is 9.79. The summed E-state index contributed by atoms with van der Waals surface area (Å²) in [6.07, 6.45) is 7.23. The maximum Gasteiger partial charge on any atom is 0.303 e. The number of halogens is 2. The number of hydrogen-bond acceptors (Lipinski definition) is 4. The normalized spacial score (nSPS) is 31.0. The predicted molar refractivity (Wildman–Crippen MR) is 120 cm³/mol. The number of aliphatic carboxylic acids is 1. The standard InChI is InChI=1S/C23H25Cl2N3O3/c24-17-4-2-1-3-16(17)11-26-18-12-27-28(21(31)20(18)25)23-8-14-5-15(9-23)7-22(6-14,13-23)10-19(29)30/h1-4,12,14-15,26H,5-11,13H2,(H,29,30)/t14-,15-,22?,23?/m1/s1. The van der Waals surface area contributed by atoms with Crippen LogP contribution in [0.4, 0.5) is 5.69 Å². The van der Waals surface area contributed by atoms with Crippen LogP contribution in [0.3, 0.4) is 0 Å². The minimum Gasteiger partial charge on any atom is -0.481 e. The van der Waals surface area contributed by atoms with Crippen molar-refractivity contribution in [3.05, 3.63) is 56.4 Å². The van der Waals surface area contributed by atoms with Crippen LogP contribution in [0.25, 0.3) is 0 Å². The SMILES string of the molecule is O=C(O)CC12C[C@H]3C[C@H](C1)CC(n1ncc(NCc4ccccc4Cl)c(Cl)c1=O)(C3)C2. The van der Waals surface area contributed by atoms with E-state index in [1.807, 2.05) is 24.3 Å². The Morgan fingerprint density at radius 2 is 1.90 bits per heavy atom. The molecule has 31 heavy (non-hydrogen) atoms. The van der Waals surface area contributed by atoms with Gasteiger partial charge in [-0.25, -0.2) is 4.68 Å². The van der Waals surface area contributed by atoms with E-state index >= 15 is 0 Å². The summed E-state index contributed by atoms with van der Waals surface area (Å²) in [5.74, 6) is 0.145. The summed E-state index contributed by atoms with van der Waals surface area (Å²) in [6.45, 7) is 0.432. The van der Waals surface area contributed by atoms with E-state index in [0.29, 0.717) is 35.5 Å². The number of anilines is 1. The Bertz CT molecular complexity index is 1090. The van der Waals surface area contributed by atoms with E-state index in [-0.39, 0.29) is 22.4 Å². The lowest BCUT2D eigenvalue weighted by Gasteiger charge is -2.61. The second-order valence-corrected chi connectivity index (χ2v) is 10.6. The Kier molecular flexibility index (Phi) is 5.05. The number of hydrogen-bond donors (Lipinski definition) is 2. The summed E-state index contributed by atoms with van der Waals surface area (Å²) in [6, 6.07) is 7.50. The summed E-state index contributed by atoms with van der Waals surface area (Å²) in [5.41, 5.74) is 0.415. The molecule has 2 atom stereocenters. The molecule has 0 aliphatic heterocycles. The fraction of sp³-hybridized carbons (Fsp3) is 0.522. The van der Waals surface area contributed by atoms with Crippen molar-refractivity contribution in [1.82, 2.24) is 9.78 Å². The van der Waals surface area contributed by atoms with Gasteiger partial charge in [-0.1, -0.05) is 41.4 Å². The van der Waals surface area contributed by atoms with Crippen molar-refractivity contribution in [2.24, 2.45) is 17.3 Å². The first-order valence-corrected chi connectivity index (χ1v) is 11.5. The van der Waals surface area contributed by atoms with Crippen LogP contribution in [-0.4, -0.2) is 20.9 Å². The first-order valence-electron chi connectivity index (χ1n) is 10.8. The smallest absolute Gasteiger partial charge is 0.303 e.